The zero-order valence-electron chi connectivity index (χ0n) is 9.01. The lowest BCUT2D eigenvalue weighted by Crippen LogP contribution is -2.32. The maximum Gasteiger partial charge on any atom is 0.401 e. The molecule has 4 nitrogen and oxygen atoms in total. The van der Waals surface area contributed by atoms with Crippen LogP contribution in [0.25, 0.3) is 0 Å². The SMILES string of the molecule is COCCCS(=O)(=O)CCNCC(F)(F)F. The minimum Gasteiger partial charge on any atom is -0.385 e. The zero-order chi connectivity index (χ0) is 12.7. The van der Waals surface area contributed by atoms with E-state index in [4.69, 9.17) is 0 Å². The van der Waals surface area contributed by atoms with Gasteiger partial charge in [-0.05, 0) is 6.42 Å². The molecule has 8 heteroatoms. The molecule has 98 valence electrons. The second-order valence-corrected chi connectivity index (χ2v) is 5.59. The fraction of sp³-hybridized carbons (Fsp3) is 1.00. The molecule has 16 heavy (non-hydrogen) atoms. The van der Waals surface area contributed by atoms with E-state index in [9.17, 15) is 21.6 Å². The lowest BCUT2D eigenvalue weighted by Gasteiger charge is -2.08. The van der Waals surface area contributed by atoms with Gasteiger partial charge in [-0.1, -0.05) is 0 Å². The van der Waals surface area contributed by atoms with Crippen LogP contribution in [0.3, 0.4) is 0 Å². The van der Waals surface area contributed by atoms with Crippen molar-refractivity contribution in [3.8, 4) is 0 Å². The van der Waals surface area contributed by atoms with Gasteiger partial charge in [0.15, 0.2) is 9.84 Å². The van der Waals surface area contributed by atoms with Crippen LogP contribution >= 0.6 is 0 Å². The Morgan fingerprint density at radius 2 is 1.88 bits per heavy atom. The average Bonchev–Trinajstić information content (AvgIpc) is 2.11. The number of ether oxygens (including phenoxy) is 1. The van der Waals surface area contributed by atoms with E-state index in [1.807, 2.05) is 5.32 Å². The predicted octanol–water partition coefficient (Wildman–Crippen LogP) is 0.590. The van der Waals surface area contributed by atoms with Gasteiger partial charge in [0.25, 0.3) is 0 Å². The molecule has 0 radical (unpaired) electrons. The summed E-state index contributed by atoms with van der Waals surface area (Å²) in [6.45, 7) is -1.02. The smallest absolute Gasteiger partial charge is 0.385 e. The number of hydrogen-bond donors (Lipinski definition) is 1. The Balaban J connectivity index is 3.67. The van der Waals surface area contributed by atoms with Crippen LogP contribution in [0, 0.1) is 0 Å². The van der Waals surface area contributed by atoms with Crippen LogP contribution < -0.4 is 5.32 Å². The third-order valence-corrected chi connectivity index (χ3v) is 3.46. The fourth-order valence-corrected chi connectivity index (χ4v) is 2.20. The van der Waals surface area contributed by atoms with Gasteiger partial charge in [-0.25, -0.2) is 8.42 Å². The molecule has 0 aromatic rings. The number of sulfone groups is 1. The summed E-state index contributed by atoms with van der Waals surface area (Å²) in [7, 11) is -1.83. The molecular weight excluding hydrogens is 247 g/mol. The first-order valence-corrected chi connectivity index (χ1v) is 6.56. The highest BCUT2D eigenvalue weighted by molar-refractivity contribution is 7.91. The second kappa shape index (κ2) is 7.08. The maximum atomic E-state index is 11.7. The summed E-state index contributed by atoms with van der Waals surface area (Å²) in [5.74, 6) is -0.346. The molecule has 0 aliphatic carbocycles. The summed E-state index contributed by atoms with van der Waals surface area (Å²) in [6.07, 6.45) is -3.95. The van der Waals surface area contributed by atoms with Gasteiger partial charge in [0, 0.05) is 20.3 Å². The molecular formula is C8H16F3NO3S. The zero-order valence-corrected chi connectivity index (χ0v) is 9.83. The van der Waals surface area contributed by atoms with Crippen LogP contribution in [0.15, 0.2) is 0 Å². The van der Waals surface area contributed by atoms with E-state index < -0.39 is 22.6 Å². The third-order valence-electron chi connectivity index (χ3n) is 1.72. The van der Waals surface area contributed by atoms with Crippen LogP contribution in [-0.2, 0) is 14.6 Å². The van der Waals surface area contributed by atoms with Crippen LogP contribution in [0.5, 0.6) is 0 Å². The molecule has 0 amide bonds. The minimum absolute atomic E-state index is 0.0610. The number of nitrogens with one attached hydrogen (secondary N) is 1. The Morgan fingerprint density at radius 1 is 1.25 bits per heavy atom. The van der Waals surface area contributed by atoms with Crippen molar-refractivity contribution in [3.05, 3.63) is 0 Å². The maximum absolute atomic E-state index is 11.7. The van der Waals surface area contributed by atoms with Crippen molar-refractivity contribution in [2.45, 2.75) is 12.6 Å². The van der Waals surface area contributed by atoms with Gasteiger partial charge in [0.2, 0.25) is 0 Å². The molecule has 0 aliphatic rings. The topological polar surface area (TPSA) is 55.4 Å². The van der Waals surface area contributed by atoms with Crippen LogP contribution in [0.2, 0.25) is 0 Å². The van der Waals surface area contributed by atoms with Gasteiger partial charge in [0.05, 0.1) is 18.1 Å². The van der Waals surface area contributed by atoms with Gasteiger partial charge < -0.3 is 10.1 Å². The second-order valence-electron chi connectivity index (χ2n) is 3.29. The number of halogens is 3. The first-order valence-electron chi connectivity index (χ1n) is 4.74. The molecule has 0 heterocycles. The van der Waals surface area contributed by atoms with Gasteiger partial charge in [-0.2, -0.15) is 13.2 Å². The Hall–Kier alpha value is -0.340. The lowest BCUT2D eigenvalue weighted by molar-refractivity contribution is -0.124. The molecule has 0 rings (SSSR count). The number of hydrogen-bond acceptors (Lipinski definition) is 4. The predicted molar refractivity (Wildman–Crippen MR) is 54.1 cm³/mol. The lowest BCUT2D eigenvalue weighted by atomic mass is 10.5. The number of rotatable bonds is 8. The highest BCUT2D eigenvalue weighted by Gasteiger charge is 2.26. The van der Waals surface area contributed by atoms with Crippen molar-refractivity contribution >= 4 is 9.84 Å². The van der Waals surface area contributed by atoms with Crippen molar-refractivity contribution in [3.63, 3.8) is 0 Å². The highest BCUT2D eigenvalue weighted by Crippen LogP contribution is 2.11. The van der Waals surface area contributed by atoms with E-state index in [1.165, 1.54) is 7.11 Å². The molecule has 0 bridgehead atoms. The molecule has 1 N–H and O–H groups in total. The molecule has 0 atom stereocenters. The Morgan fingerprint density at radius 3 is 2.38 bits per heavy atom. The molecule has 0 aromatic heterocycles. The minimum atomic E-state index is -4.31. The summed E-state index contributed by atoms with van der Waals surface area (Å²) in [4.78, 5) is 0. The van der Waals surface area contributed by atoms with E-state index in [2.05, 4.69) is 4.74 Å². The molecule has 0 spiro atoms. The molecule has 0 aromatic carbocycles. The fourth-order valence-electron chi connectivity index (χ4n) is 0.983. The van der Waals surface area contributed by atoms with Gasteiger partial charge in [-0.15, -0.1) is 0 Å². The van der Waals surface area contributed by atoms with Crippen molar-refractivity contribution in [1.82, 2.24) is 5.32 Å². The molecule has 0 aliphatic heterocycles. The summed E-state index contributed by atoms with van der Waals surface area (Å²) in [5, 5.41) is 2.04. The Labute approximate surface area is 93.1 Å². The van der Waals surface area contributed by atoms with Crippen molar-refractivity contribution in [1.29, 1.82) is 0 Å². The van der Waals surface area contributed by atoms with E-state index in [-0.39, 0.29) is 18.1 Å². The molecule has 0 fully saturated rings. The summed E-state index contributed by atoms with van der Waals surface area (Å²) in [5.41, 5.74) is 0. The Bertz CT molecular complexity index is 277. The first-order chi connectivity index (χ1) is 7.27. The van der Waals surface area contributed by atoms with Crippen molar-refractivity contribution in [2.75, 3.05) is 38.3 Å². The third kappa shape index (κ3) is 10.2. The van der Waals surface area contributed by atoms with Crippen LogP contribution in [0.1, 0.15) is 6.42 Å². The molecule has 0 saturated heterocycles. The number of alkyl halides is 3. The standard InChI is InChI=1S/C8H16F3NO3S/c1-15-4-2-5-16(13,14)6-3-12-7-8(9,10)11/h12H,2-7H2,1H3. The van der Waals surface area contributed by atoms with E-state index in [0.717, 1.165) is 0 Å². The highest BCUT2D eigenvalue weighted by atomic mass is 32.2. The quantitative estimate of drug-likeness (QED) is 0.651. The van der Waals surface area contributed by atoms with Crippen molar-refractivity contribution in [2.24, 2.45) is 0 Å². The van der Waals surface area contributed by atoms with Crippen molar-refractivity contribution < 1.29 is 26.3 Å². The van der Waals surface area contributed by atoms with Gasteiger partial charge in [0.1, 0.15) is 0 Å². The van der Waals surface area contributed by atoms with E-state index in [1.54, 1.807) is 0 Å². The average molecular weight is 263 g/mol. The largest absolute Gasteiger partial charge is 0.401 e. The monoisotopic (exact) mass is 263 g/mol. The van der Waals surface area contributed by atoms with Crippen LogP contribution in [-0.4, -0.2) is 52.9 Å². The summed E-state index contributed by atoms with van der Waals surface area (Å²) in [6, 6.07) is 0. The molecule has 0 unspecified atom stereocenters. The summed E-state index contributed by atoms with van der Waals surface area (Å²) < 4.78 is 62.3. The van der Waals surface area contributed by atoms with E-state index in [0.29, 0.717) is 13.0 Å². The van der Waals surface area contributed by atoms with Crippen LogP contribution in [0.4, 0.5) is 13.2 Å². The van der Waals surface area contributed by atoms with E-state index >= 15 is 0 Å². The van der Waals surface area contributed by atoms with Gasteiger partial charge in [-0.3, -0.25) is 0 Å². The summed E-state index contributed by atoms with van der Waals surface area (Å²) >= 11 is 0. The number of methoxy groups -OCH3 is 1. The Kier molecular flexibility index (Phi) is 6.93. The first kappa shape index (κ1) is 15.7. The molecule has 0 saturated carbocycles. The van der Waals surface area contributed by atoms with Gasteiger partial charge >= 0.3 is 6.18 Å². The normalized spacial score (nSPS) is 13.0.